The van der Waals surface area contributed by atoms with Gasteiger partial charge in [-0.15, -0.1) is 0 Å². The van der Waals surface area contributed by atoms with Gasteiger partial charge in [0, 0.05) is 37.3 Å². The van der Waals surface area contributed by atoms with Gasteiger partial charge in [0.1, 0.15) is 5.75 Å². The fraction of sp³-hybridized carbons (Fsp3) is 0.538. The highest BCUT2D eigenvalue weighted by Crippen LogP contribution is 2.51. The van der Waals surface area contributed by atoms with Gasteiger partial charge in [-0.2, -0.15) is 0 Å². The molecule has 2 rings (SSSR count). The smallest absolute Gasteiger partial charge is 0.122 e. The van der Waals surface area contributed by atoms with Crippen LogP contribution in [0.3, 0.4) is 0 Å². The van der Waals surface area contributed by atoms with Crippen LogP contribution in [-0.2, 0) is 5.41 Å². The number of methoxy groups -OCH3 is 1. The number of anilines is 1. The monoisotopic (exact) mass is 220 g/mol. The summed E-state index contributed by atoms with van der Waals surface area (Å²) in [7, 11) is 5.82. The fourth-order valence-corrected chi connectivity index (χ4v) is 2.12. The molecule has 0 saturated heterocycles. The van der Waals surface area contributed by atoms with Crippen molar-refractivity contribution in [1.82, 2.24) is 0 Å². The second-order valence-corrected chi connectivity index (χ2v) is 4.76. The minimum absolute atomic E-state index is 0.178. The van der Waals surface area contributed by atoms with Gasteiger partial charge < -0.3 is 15.4 Å². The van der Waals surface area contributed by atoms with E-state index >= 15 is 0 Å². The standard InChI is InChI=1S/C13H20N2O/c1-15(2)10-4-5-12(16-3)11(8-10)13(9-14)6-7-13/h4-5,8H,6-7,9,14H2,1-3H3. The van der Waals surface area contributed by atoms with Gasteiger partial charge in [-0.25, -0.2) is 0 Å². The van der Waals surface area contributed by atoms with Gasteiger partial charge in [-0.1, -0.05) is 0 Å². The predicted octanol–water partition coefficient (Wildman–Crippen LogP) is 1.75. The Labute approximate surface area is 97.2 Å². The molecule has 0 spiro atoms. The van der Waals surface area contributed by atoms with Gasteiger partial charge in [-0.05, 0) is 31.0 Å². The average molecular weight is 220 g/mol. The summed E-state index contributed by atoms with van der Waals surface area (Å²) in [6.45, 7) is 0.709. The summed E-state index contributed by atoms with van der Waals surface area (Å²) >= 11 is 0. The summed E-state index contributed by atoms with van der Waals surface area (Å²) in [6, 6.07) is 6.33. The van der Waals surface area contributed by atoms with Gasteiger partial charge in [0.25, 0.3) is 0 Å². The van der Waals surface area contributed by atoms with Crippen molar-refractivity contribution in [2.45, 2.75) is 18.3 Å². The van der Waals surface area contributed by atoms with Gasteiger partial charge in [0.15, 0.2) is 0 Å². The summed E-state index contributed by atoms with van der Waals surface area (Å²) in [4.78, 5) is 2.11. The SMILES string of the molecule is COc1ccc(N(C)C)cc1C1(CN)CC1. The van der Waals surface area contributed by atoms with Crippen LogP contribution in [-0.4, -0.2) is 27.7 Å². The van der Waals surface area contributed by atoms with Crippen molar-refractivity contribution >= 4 is 5.69 Å². The number of hydrogen-bond donors (Lipinski definition) is 1. The Balaban J connectivity index is 2.44. The molecule has 0 aliphatic heterocycles. The Morgan fingerprint density at radius 1 is 1.38 bits per heavy atom. The Morgan fingerprint density at radius 2 is 2.06 bits per heavy atom. The lowest BCUT2D eigenvalue weighted by Crippen LogP contribution is -2.21. The van der Waals surface area contributed by atoms with Crippen molar-refractivity contribution in [2.24, 2.45) is 5.73 Å². The highest BCUT2D eigenvalue weighted by Gasteiger charge is 2.44. The molecule has 1 aliphatic rings. The zero-order chi connectivity index (χ0) is 11.8. The lowest BCUT2D eigenvalue weighted by molar-refractivity contribution is 0.404. The zero-order valence-corrected chi connectivity index (χ0v) is 10.3. The number of rotatable bonds is 4. The topological polar surface area (TPSA) is 38.5 Å². The number of hydrogen-bond acceptors (Lipinski definition) is 3. The molecule has 0 atom stereocenters. The van der Waals surface area contributed by atoms with Crippen LogP contribution in [0.4, 0.5) is 5.69 Å². The molecule has 0 aromatic heterocycles. The molecule has 0 amide bonds. The molecule has 3 nitrogen and oxygen atoms in total. The fourth-order valence-electron chi connectivity index (χ4n) is 2.12. The van der Waals surface area contributed by atoms with Gasteiger partial charge in [0.2, 0.25) is 0 Å². The van der Waals surface area contributed by atoms with E-state index in [9.17, 15) is 0 Å². The second-order valence-electron chi connectivity index (χ2n) is 4.76. The molecule has 1 aliphatic carbocycles. The van der Waals surface area contributed by atoms with Crippen molar-refractivity contribution in [3.05, 3.63) is 23.8 Å². The van der Waals surface area contributed by atoms with Crippen LogP contribution >= 0.6 is 0 Å². The Hall–Kier alpha value is -1.22. The van der Waals surface area contributed by atoms with Crippen LogP contribution in [0.1, 0.15) is 18.4 Å². The molecule has 0 radical (unpaired) electrons. The molecule has 1 aromatic rings. The van der Waals surface area contributed by atoms with Gasteiger partial charge in [0.05, 0.1) is 7.11 Å². The lowest BCUT2D eigenvalue weighted by Gasteiger charge is -2.20. The average Bonchev–Trinajstić information content (AvgIpc) is 3.09. The van der Waals surface area contributed by atoms with Crippen LogP contribution < -0.4 is 15.4 Å². The zero-order valence-electron chi connectivity index (χ0n) is 10.3. The number of nitrogens with two attached hydrogens (primary N) is 1. The summed E-state index contributed by atoms with van der Waals surface area (Å²) in [5, 5.41) is 0. The maximum absolute atomic E-state index is 5.88. The highest BCUT2D eigenvalue weighted by molar-refractivity contribution is 5.56. The van der Waals surface area contributed by atoms with E-state index in [1.54, 1.807) is 7.11 Å². The predicted molar refractivity (Wildman–Crippen MR) is 67.3 cm³/mol. The number of benzene rings is 1. The van der Waals surface area contributed by atoms with Crippen LogP contribution in [0.15, 0.2) is 18.2 Å². The quantitative estimate of drug-likeness (QED) is 0.840. The third-order valence-electron chi connectivity index (χ3n) is 3.52. The molecular formula is C13H20N2O. The summed E-state index contributed by atoms with van der Waals surface area (Å²) in [5.74, 6) is 0.966. The van der Waals surface area contributed by atoms with Crippen molar-refractivity contribution in [3.63, 3.8) is 0 Å². The summed E-state index contributed by atoms with van der Waals surface area (Å²) in [5.41, 5.74) is 8.53. The first-order valence-electron chi connectivity index (χ1n) is 5.69. The molecule has 0 bridgehead atoms. The van der Waals surface area contributed by atoms with Crippen molar-refractivity contribution in [1.29, 1.82) is 0 Å². The Bertz CT molecular complexity index is 384. The van der Waals surface area contributed by atoms with Gasteiger partial charge in [-0.3, -0.25) is 0 Å². The number of ether oxygens (including phenoxy) is 1. The minimum Gasteiger partial charge on any atom is -0.496 e. The van der Waals surface area contributed by atoms with E-state index in [-0.39, 0.29) is 5.41 Å². The van der Waals surface area contributed by atoms with Crippen LogP contribution in [0, 0.1) is 0 Å². The molecule has 88 valence electrons. The van der Waals surface area contributed by atoms with Crippen LogP contribution in [0.25, 0.3) is 0 Å². The molecule has 1 saturated carbocycles. The van der Waals surface area contributed by atoms with Crippen molar-refractivity contribution < 1.29 is 4.74 Å². The second kappa shape index (κ2) is 3.98. The van der Waals surface area contributed by atoms with Crippen molar-refractivity contribution in [2.75, 3.05) is 32.6 Å². The maximum Gasteiger partial charge on any atom is 0.122 e. The molecule has 16 heavy (non-hydrogen) atoms. The molecule has 1 fully saturated rings. The third kappa shape index (κ3) is 1.76. The molecule has 0 unspecified atom stereocenters. The van der Waals surface area contributed by atoms with E-state index in [1.165, 1.54) is 24.1 Å². The van der Waals surface area contributed by atoms with E-state index < -0.39 is 0 Å². The first-order chi connectivity index (χ1) is 7.63. The molecule has 0 heterocycles. The summed E-state index contributed by atoms with van der Waals surface area (Å²) < 4.78 is 5.43. The minimum atomic E-state index is 0.178. The highest BCUT2D eigenvalue weighted by atomic mass is 16.5. The lowest BCUT2D eigenvalue weighted by atomic mass is 9.94. The van der Waals surface area contributed by atoms with E-state index in [0.29, 0.717) is 6.54 Å². The van der Waals surface area contributed by atoms with Gasteiger partial charge >= 0.3 is 0 Å². The van der Waals surface area contributed by atoms with Crippen molar-refractivity contribution in [3.8, 4) is 5.75 Å². The first kappa shape index (κ1) is 11.3. The maximum atomic E-state index is 5.88. The van der Waals surface area contributed by atoms with E-state index in [0.717, 1.165) is 5.75 Å². The van der Waals surface area contributed by atoms with E-state index in [1.807, 2.05) is 20.2 Å². The van der Waals surface area contributed by atoms with E-state index in [4.69, 9.17) is 10.5 Å². The normalized spacial score (nSPS) is 17.0. The van der Waals surface area contributed by atoms with E-state index in [2.05, 4.69) is 17.0 Å². The Morgan fingerprint density at radius 3 is 2.50 bits per heavy atom. The molecule has 1 aromatic carbocycles. The van der Waals surface area contributed by atoms with Crippen LogP contribution in [0.5, 0.6) is 5.75 Å². The largest absolute Gasteiger partial charge is 0.496 e. The molecular weight excluding hydrogens is 200 g/mol. The van der Waals surface area contributed by atoms with Crippen LogP contribution in [0.2, 0.25) is 0 Å². The number of nitrogens with zero attached hydrogens (tertiary/aromatic N) is 1. The molecule has 2 N–H and O–H groups in total. The first-order valence-corrected chi connectivity index (χ1v) is 5.69. The Kier molecular flexibility index (Phi) is 2.80. The third-order valence-corrected chi connectivity index (χ3v) is 3.52. The summed E-state index contributed by atoms with van der Waals surface area (Å²) in [6.07, 6.45) is 2.35. The molecule has 3 heteroatoms.